The number of nitrogens with zero attached hydrogens (tertiary/aromatic N) is 2. The van der Waals surface area contributed by atoms with Gasteiger partial charge in [-0.3, -0.25) is 19.3 Å². The van der Waals surface area contributed by atoms with Gasteiger partial charge in [0.15, 0.2) is 0 Å². The Morgan fingerprint density at radius 1 is 1.56 bits per heavy atom. The molecule has 0 saturated heterocycles. The van der Waals surface area contributed by atoms with Crippen molar-refractivity contribution in [1.82, 2.24) is 9.55 Å². The number of aromatic nitrogens is 2. The van der Waals surface area contributed by atoms with Gasteiger partial charge in [0.25, 0.3) is 5.56 Å². The van der Waals surface area contributed by atoms with Crippen molar-refractivity contribution in [1.29, 1.82) is 0 Å². The molecule has 0 aromatic carbocycles. The summed E-state index contributed by atoms with van der Waals surface area (Å²) >= 11 is 0. The van der Waals surface area contributed by atoms with Crippen molar-refractivity contribution < 1.29 is 10.2 Å². The third kappa shape index (κ3) is 2.75. The van der Waals surface area contributed by atoms with Crippen LogP contribution < -0.4 is 11.2 Å². The quantitative estimate of drug-likeness (QED) is 0.473. The minimum atomic E-state index is -0.712. The van der Waals surface area contributed by atoms with E-state index in [2.05, 4.69) is 16.6 Å². The van der Waals surface area contributed by atoms with Gasteiger partial charge in [-0.1, -0.05) is 6.08 Å². The molecule has 0 spiro atoms. The summed E-state index contributed by atoms with van der Waals surface area (Å²) < 4.78 is 0.974. The second-order valence-electron chi connectivity index (χ2n) is 3.55. The minimum absolute atomic E-state index is 0.0712. The number of H-pyrrole nitrogens is 1. The van der Waals surface area contributed by atoms with Gasteiger partial charge in [-0.05, 0) is 6.92 Å². The van der Waals surface area contributed by atoms with Crippen molar-refractivity contribution in [2.24, 2.45) is 4.99 Å². The van der Waals surface area contributed by atoms with Crippen LogP contribution in [0.1, 0.15) is 12.5 Å². The Hall–Kier alpha value is -2.15. The molecule has 7 heteroatoms. The predicted molar refractivity (Wildman–Crippen MR) is 67.3 cm³/mol. The molecule has 1 aromatic rings. The molecule has 0 amide bonds. The van der Waals surface area contributed by atoms with Crippen LogP contribution in [0.3, 0.4) is 0 Å². The Labute approximate surface area is 103 Å². The Morgan fingerprint density at radius 2 is 2.22 bits per heavy atom. The maximum Gasteiger partial charge on any atom is 0.331 e. The van der Waals surface area contributed by atoms with Crippen LogP contribution in [0.4, 0.5) is 0 Å². The molecule has 0 aliphatic carbocycles. The number of rotatable bonds is 5. The molecule has 0 bridgehead atoms. The molecular formula is C11H15N3O4. The van der Waals surface area contributed by atoms with Gasteiger partial charge >= 0.3 is 5.69 Å². The summed E-state index contributed by atoms with van der Waals surface area (Å²) in [4.78, 5) is 29.1. The third-order valence-corrected chi connectivity index (χ3v) is 2.29. The van der Waals surface area contributed by atoms with Crippen LogP contribution in [-0.4, -0.2) is 38.6 Å². The molecule has 0 unspecified atom stereocenters. The third-order valence-electron chi connectivity index (χ3n) is 2.29. The van der Waals surface area contributed by atoms with Crippen LogP contribution in [0.25, 0.3) is 0 Å². The van der Waals surface area contributed by atoms with Crippen molar-refractivity contribution in [3.63, 3.8) is 0 Å². The zero-order chi connectivity index (χ0) is 13.7. The van der Waals surface area contributed by atoms with Crippen LogP contribution in [-0.2, 0) is 6.54 Å². The molecular weight excluding hydrogens is 238 g/mol. The van der Waals surface area contributed by atoms with E-state index in [1.807, 2.05) is 0 Å². The molecule has 3 N–H and O–H groups in total. The summed E-state index contributed by atoms with van der Waals surface area (Å²) in [6.07, 6.45) is 1.42. The first kappa shape index (κ1) is 13.9. The first-order valence-electron chi connectivity index (χ1n) is 5.32. The van der Waals surface area contributed by atoms with E-state index in [-0.39, 0.29) is 31.0 Å². The summed E-state index contributed by atoms with van der Waals surface area (Å²) in [7, 11) is 0. The van der Waals surface area contributed by atoms with E-state index >= 15 is 0 Å². The van der Waals surface area contributed by atoms with Gasteiger partial charge in [-0.25, -0.2) is 4.79 Å². The summed E-state index contributed by atoms with van der Waals surface area (Å²) in [6, 6.07) is 0. The van der Waals surface area contributed by atoms with Gasteiger partial charge in [-0.2, -0.15) is 0 Å². The number of hydrogen-bond donors (Lipinski definition) is 3. The monoisotopic (exact) mass is 253 g/mol. The van der Waals surface area contributed by atoms with Crippen LogP contribution >= 0.6 is 0 Å². The highest BCUT2D eigenvalue weighted by Crippen LogP contribution is 2.11. The highest BCUT2D eigenvalue weighted by molar-refractivity contribution is 6.00. The van der Waals surface area contributed by atoms with Gasteiger partial charge in [0.05, 0.1) is 13.2 Å². The van der Waals surface area contributed by atoms with Crippen LogP contribution in [0.15, 0.2) is 27.2 Å². The fraction of sp³-hybridized carbons (Fsp3) is 0.364. The van der Waals surface area contributed by atoms with Gasteiger partial charge in [0, 0.05) is 12.3 Å². The SMILES string of the molecule is C=CCn1c(O)c(C(C)=NCCO)c(=O)[nH]c1=O. The van der Waals surface area contributed by atoms with E-state index in [0.717, 1.165) is 4.57 Å². The molecule has 0 aliphatic rings. The van der Waals surface area contributed by atoms with E-state index < -0.39 is 17.1 Å². The zero-order valence-corrected chi connectivity index (χ0v) is 10.0. The smallest absolute Gasteiger partial charge is 0.331 e. The average Bonchev–Trinajstić information content (AvgIpc) is 2.31. The largest absolute Gasteiger partial charge is 0.494 e. The summed E-state index contributed by atoms with van der Waals surface area (Å²) in [5.41, 5.74) is -1.25. The minimum Gasteiger partial charge on any atom is -0.494 e. The van der Waals surface area contributed by atoms with E-state index in [1.165, 1.54) is 13.0 Å². The van der Waals surface area contributed by atoms with E-state index in [1.54, 1.807) is 0 Å². The van der Waals surface area contributed by atoms with E-state index in [0.29, 0.717) is 0 Å². The van der Waals surface area contributed by atoms with Crippen LogP contribution in [0.2, 0.25) is 0 Å². The maximum absolute atomic E-state index is 11.6. The number of aromatic hydroxyl groups is 1. The van der Waals surface area contributed by atoms with Crippen LogP contribution in [0, 0.1) is 0 Å². The highest BCUT2D eigenvalue weighted by atomic mass is 16.3. The molecule has 98 valence electrons. The molecule has 0 aliphatic heterocycles. The number of hydrogen-bond acceptors (Lipinski definition) is 5. The molecule has 0 radical (unpaired) electrons. The number of aliphatic hydroxyl groups is 1. The van der Waals surface area contributed by atoms with Crippen molar-refractivity contribution in [2.75, 3.05) is 13.2 Å². The normalized spacial score (nSPS) is 11.6. The lowest BCUT2D eigenvalue weighted by atomic mass is 10.2. The lowest BCUT2D eigenvalue weighted by Gasteiger charge is -2.09. The molecule has 0 fully saturated rings. The number of aliphatic imine (C=N–C) groups is 1. The number of aromatic amines is 1. The Kier molecular flexibility index (Phi) is 4.61. The Balaban J connectivity index is 3.45. The lowest BCUT2D eigenvalue weighted by Crippen LogP contribution is -2.33. The number of allylic oxidation sites excluding steroid dienone is 1. The average molecular weight is 253 g/mol. The van der Waals surface area contributed by atoms with Crippen molar-refractivity contribution in [2.45, 2.75) is 13.5 Å². The molecule has 7 nitrogen and oxygen atoms in total. The Morgan fingerprint density at radius 3 is 2.78 bits per heavy atom. The highest BCUT2D eigenvalue weighted by Gasteiger charge is 2.15. The van der Waals surface area contributed by atoms with E-state index in [9.17, 15) is 14.7 Å². The van der Waals surface area contributed by atoms with Crippen molar-refractivity contribution in [3.8, 4) is 5.88 Å². The lowest BCUT2D eigenvalue weighted by molar-refractivity contribution is 0.307. The van der Waals surface area contributed by atoms with Crippen molar-refractivity contribution >= 4 is 5.71 Å². The second-order valence-corrected chi connectivity index (χ2v) is 3.55. The molecule has 0 atom stereocenters. The molecule has 18 heavy (non-hydrogen) atoms. The summed E-state index contributed by atoms with van der Waals surface area (Å²) in [5.74, 6) is -0.456. The van der Waals surface area contributed by atoms with Gasteiger partial charge in [-0.15, -0.1) is 6.58 Å². The van der Waals surface area contributed by atoms with Crippen molar-refractivity contribution in [3.05, 3.63) is 39.1 Å². The molecule has 0 saturated carbocycles. The standard InChI is InChI=1S/C11H15N3O4/c1-3-5-14-10(17)8(7(2)12-4-6-15)9(16)13-11(14)18/h3,15,17H,1,4-6H2,2H3,(H,13,16,18). The van der Waals surface area contributed by atoms with E-state index in [4.69, 9.17) is 5.11 Å². The first-order chi connectivity index (χ1) is 8.52. The molecule has 1 heterocycles. The zero-order valence-electron chi connectivity index (χ0n) is 10.0. The first-order valence-corrected chi connectivity index (χ1v) is 5.32. The predicted octanol–water partition coefficient (Wildman–Crippen LogP) is -0.770. The second kappa shape index (κ2) is 5.97. The number of nitrogens with one attached hydrogen (secondary N) is 1. The number of aliphatic hydroxyl groups excluding tert-OH is 1. The summed E-state index contributed by atoms with van der Waals surface area (Å²) in [6.45, 7) is 5.00. The Bertz CT molecular complexity index is 583. The van der Waals surface area contributed by atoms with Gasteiger partial charge < -0.3 is 10.2 Å². The maximum atomic E-state index is 11.6. The molecule has 1 aromatic heterocycles. The van der Waals surface area contributed by atoms with Crippen LogP contribution in [0.5, 0.6) is 5.88 Å². The molecule has 1 rings (SSSR count). The van der Waals surface area contributed by atoms with Gasteiger partial charge in [0.1, 0.15) is 5.56 Å². The fourth-order valence-corrected chi connectivity index (χ4v) is 1.48. The topological polar surface area (TPSA) is 108 Å². The summed E-state index contributed by atoms with van der Waals surface area (Å²) in [5, 5.41) is 18.6. The van der Waals surface area contributed by atoms with Gasteiger partial charge in [0.2, 0.25) is 5.88 Å². The fourth-order valence-electron chi connectivity index (χ4n) is 1.48.